The Kier molecular flexibility index (Phi) is 9.26. The van der Waals surface area contributed by atoms with Gasteiger partial charge in [0, 0.05) is 29.6 Å². The van der Waals surface area contributed by atoms with E-state index in [1.165, 1.54) is 22.3 Å². The Morgan fingerprint density at radius 2 is 1.87 bits per heavy atom. The molecule has 2 aliphatic rings. The van der Waals surface area contributed by atoms with Gasteiger partial charge in [0.05, 0.1) is 29.3 Å². The van der Waals surface area contributed by atoms with Gasteiger partial charge < -0.3 is 14.2 Å². The molecule has 0 aliphatic carbocycles. The van der Waals surface area contributed by atoms with Crippen LogP contribution in [0.3, 0.4) is 0 Å². The molecule has 0 N–H and O–H groups in total. The Balaban J connectivity index is 0.000000276. The maximum absolute atomic E-state index is 13.8. The number of thioether (sulfide) groups is 1. The van der Waals surface area contributed by atoms with E-state index in [9.17, 15) is 17.8 Å². The van der Waals surface area contributed by atoms with E-state index in [4.69, 9.17) is 16.3 Å². The first-order valence-corrected chi connectivity index (χ1v) is 18.4. The Morgan fingerprint density at radius 3 is 2.56 bits per heavy atom. The fourth-order valence-corrected chi connectivity index (χ4v) is 9.39. The van der Waals surface area contributed by atoms with Gasteiger partial charge in [-0.25, -0.2) is 8.42 Å². The number of aromatic nitrogens is 2. The van der Waals surface area contributed by atoms with Crippen molar-refractivity contribution in [2.45, 2.75) is 42.2 Å². The number of thiazole rings is 2. The highest BCUT2D eigenvalue weighted by atomic mass is 35.5. The monoisotopic (exact) mass is 699 g/mol. The fourth-order valence-electron chi connectivity index (χ4n) is 5.21. The van der Waals surface area contributed by atoms with E-state index < -0.39 is 10.1 Å². The van der Waals surface area contributed by atoms with Gasteiger partial charge in [0.15, 0.2) is 0 Å². The third kappa shape index (κ3) is 6.78. The third-order valence-electron chi connectivity index (χ3n) is 7.64. The topological polar surface area (TPSA) is 95.6 Å². The molecule has 2 aromatic heterocycles. The lowest BCUT2D eigenvalue weighted by Gasteiger charge is -2.12. The van der Waals surface area contributed by atoms with Crippen molar-refractivity contribution in [1.29, 1.82) is 0 Å². The maximum atomic E-state index is 13.8. The lowest BCUT2D eigenvalue weighted by atomic mass is 10.2. The summed E-state index contributed by atoms with van der Waals surface area (Å²) in [4.78, 5) is 16.8. The van der Waals surface area contributed by atoms with Crippen molar-refractivity contribution in [3.8, 4) is 0 Å². The summed E-state index contributed by atoms with van der Waals surface area (Å²) in [5.41, 5.74) is 3.20. The zero-order valence-electron chi connectivity index (χ0n) is 24.7. The summed E-state index contributed by atoms with van der Waals surface area (Å²) in [6, 6.07) is 20.0. The summed E-state index contributed by atoms with van der Waals surface area (Å²) in [7, 11) is -0.185. The molecular formula is C32H30ClN3O5S4. The first kappa shape index (κ1) is 32.0. The Morgan fingerprint density at radius 1 is 1.11 bits per heavy atom. The lowest BCUT2D eigenvalue weighted by Crippen LogP contribution is -2.37. The van der Waals surface area contributed by atoms with Crippen molar-refractivity contribution < 1.29 is 22.3 Å². The number of benzene rings is 3. The number of hydrogen-bond acceptors (Lipinski definition) is 9. The molecule has 8 nitrogen and oxygen atoms in total. The molecule has 0 spiro atoms. The number of nitrogens with zero attached hydrogens (tertiary/aromatic N) is 3. The van der Waals surface area contributed by atoms with Gasteiger partial charge in [-0.2, -0.15) is 4.57 Å². The summed E-state index contributed by atoms with van der Waals surface area (Å²) in [5.74, 6) is 0. The molecular weight excluding hydrogens is 670 g/mol. The molecule has 4 heterocycles. The average Bonchev–Trinajstić information content (AvgIpc) is 3.78. The summed E-state index contributed by atoms with van der Waals surface area (Å²) in [5, 5.41) is 2.76. The van der Waals surface area contributed by atoms with Crippen molar-refractivity contribution in [3.05, 3.63) is 102 Å². The second kappa shape index (κ2) is 13.0. The van der Waals surface area contributed by atoms with Crippen molar-refractivity contribution in [2.75, 3.05) is 18.6 Å². The van der Waals surface area contributed by atoms with Crippen LogP contribution in [0.1, 0.15) is 23.4 Å². The van der Waals surface area contributed by atoms with Crippen LogP contribution in [-0.2, 0) is 28.4 Å². The summed E-state index contributed by atoms with van der Waals surface area (Å²) in [6.45, 7) is 3.17. The predicted molar refractivity (Wildman–Crippen MR) is 182 cm³/mol. The zero-order valence-corrected chi connectivity index (χ0v) is 28.7. The number of ether oxygens (including phenoxy) is 1. The lowest BCUT2D eigenvalue weighted by molar-refractivity contribution is -0.642. The van der Waals surface area contributed by atoms with Crippen LogP contribution in [0.25, 0.3) is 21.3 Å². The number of hydrogen-bond donors (Lipinski definition) is 0. The summed E-state index contributed by atoms with van der Waals surface area (Å²) in [6.07, 6.45) is 4.27. The molecule has 234 valence electrons. The van der Waals surface area contributed by atoms with Gasteiger partial charge in [-0.05, 0) is 56.2 Å². The van der Waals surface area contributed by atoms with E-state index in [-0.39, 0.29) is 16.6 Å². The first-order valence-electron chi connectivity index (χ1n) is 14.2. The standard InChI is InChI=1S/C25H23ClN3O2S3.C7H8O3S/c1-27-17-7-3-4-8-19(17)32-21(27)13-22-29(14-16-6-5-11-31-16)24(30)23(34-22)25-28(2)18-12-15(26)9-10-20(18)33-25;1-6-2-4-7(5-3-6)11(8,9)10/h3-4,7-10,12-13,16H,5-6,11,14H2,1-2H3;2-5H,1H3,(H,8,9,10)/q+1;/p-1. The minimum atomic E-state index is -4.27. The molecule has 5 aromatic rings. The van der Waals surface area contributed by atoms with E-state index in [0.717, 1.165) is 54.8 Å². The minimum Gasteiger partial charge on any atom is -0.744 e. The maximum Gasteiger partial charge on any atom is 0.271 e. The molecule has 0 radical (unpaired) electrons. The van der Waals surface area contributed by atoms with Gasteiger partial charge in [0.25, 0.3) is 10.6 Å². The normalized spacial score (nSPS) is 17.9. The molecule has 45 heavy (non-hydrogen) atoms. The molecule has 0 amide bonds. The SMILES string of the molecule is CN1C(=c2sc(=Cc3sc4ccccc4[n+]3C)n(CC3CCCO3)c2=O)Sc2ccc(Cl)cc21.Cc1ccc(S(=O)(=O)[O-])cc1. The number of anilines is 1. The van der Waals surface area contributed by atoms with Gasteiger partial charge in [-0.1, -0.05) is 64.5 Å². The first-order chi connectivity index (χ1) is 21.5. The number of rotatable bonds is 4. The van der Waals surface area contributed by atoms with Crippen LogP contribution in [0, 0.1) is 6.92 Å². The second-order valence-electron chi connectivity index (χ2n) is 10.8. The molecule has 13 heteroatoms. The second-order valence-corrected chi connectivity index (χ2v) is 15.7. The van der Waals surface area contributed by atoms with E-state index in [1.807, 2.05) is 36.7 Å². The smallest absolute Gasteiger partial charge is 0.271 e. The van der Waals surface area contributed by atoms with Crippen LogP contribution in [0.15, 0.2) is 81.3 Å². The third-order valence-corrected chi connectivity index (χ3v) is 12.4. The fraction of sp³-hybridized carbons (Fsp3) is 0.250. The van der Waals surface area contributed by atoms with E-state index in [2.05, 4.69) is 46.9 Å². The average molecular weight is 700 g/mol. The molecule has 1 fully saturated rings. The van der Waals surface area contributed by atoms with Gasteiger partial charge in [-0.15, -0.1) is 11.3 Å². The van der Waals surface area contributed by atoms with Crippen molar-refractivity contribution in [2.24, 2.45) is 7.05 Å². The quantitative estimate of drug-likeness (QED) is 0.196. The molecule has 1 atom stereocenters. The van der Waals surface area contributed by atoms with Crippen LogP contribution >= 0.6 is 46.0 Å². The summed E-state index contributed by atoms with van der Waals surface area (Å²) < 4.78 is 44.1. The minimum absolute atomic E-state index is 0.0452. The van der Waals surface area contributed by atoms with Crippen molar-refractivity contribution in [3.63, 3.8) is 0 Å². The van der Waals surface area contributed by atoms with Crippen LogP contribution in [0.4, 0.5) is 5.69 Å². The number of aryl methyl sites for hydroxylation is 2. The van der Waals surface area contributed by atoms with Gasteiger partial charge in [-0.3, -0.25) is 9.36 Å². The highest BCUT2D eigenvalue weighted by molar-refractivity contribution is 8.08. The summed E-state index contributed by atoms with van der Waals surface area (Å²) >= 11 is 11.2. The highest BCUT2D eigenvalue weighted by Crippen LogP contribution is 2.46. The van der Waals surface area contributed by atoms with E-state index in [1.54, 1.807) is 46.6 Å². The molecule has 7 rings (SSSR count). The highest BCUT2D eigenvalue weighted by Gasteiger charge is 2.26. The van der Waals surface area contributed by atoms with Crippen LogP contribution in [0.2, 0.25) is 5.02 Å². The van der Waals surface area contributed by atoms with Gasteiger partial charge in [0.1, 0.15) is 36.1 Å². The van der Waals surface area contributed by atoms with Crippen molar-refractivity contribution >= 4 is 83.2 Å². The van der Waals surface area contributed by atoms with Crippen LogP contribution < -0.4 is 24.2 Å². The number of halogens is 1. The largest absolute Gasteiger partial charge is 0.744 e. The Bertz CT molecular complexity index is 2180. The van der Waals surface area contributed by atoms with Gasteiger partial charge in [0.2, 0.25) is 5.52 Å². The van der Waals surface area contributed by atoms with Crippen LogP contribution in [0.5, 0.6) is 0 Å². The van der Waals surface area contributed by atoms with Crippen LogP contribution in [-0.4, -0.2) is 37.3 Å². The Hall–Kier alpha value is -2.97. The van der Waals surface area contributed by atoms with Gasteiger partial charge >= 0.3 is 0 Å². The Labute approximate surface area is 278 Å². The number of fused-ring (bicyclic) bond motifs is 2. The van der Waals surface area contributed by atoms with E-state index >= 15 is 0 Å². The van der Waals surface area contributed by atoms with E-state index in [0.29, 0.717) is 11.6 Å². The molecule has 2 aliphatic heterocycles. The number of para-hydroxylation sites is 1. The van der Waals surface area contributed by atoms with Crippen molar-refractivity contribution in [1.82, 2.24) is 4.57 Å². The zero-order chi connectivity index (χ0) is 31.9. The predicted octanol–water partition coefficient (Wildman–Crippen LogP) is 4.82. The molecule has 0 saturated carbocycles. The molecule has 1 saturated heterocycles. The molecule has 0 bridgehead atoms. The molecule has 1 unspecified atom stereocenters. The molecule has 3 aromatic carbocycles.